The molecule has 0 aromatic heterocycles. The number of hydrogen-bond acceptors (Lipinski definition) is 1. The summed E-state index contributed by atoms with van der Waals surface area (Å²) in [6, 6.07) is -4.15. The van der Waals surface area contributed by atoms with Crippen molar-refractivity contribution in [2.45, 2.75) is 37.9 Å². The van der Waals surface area contributed by atoms with Crippen molar-refractivity contribution in [1.29, 1.82) is 0 Å². The Labute approximate surface area is 97.3 Å². The number of alkyl halides is 5. The van der Waals surface area contributed by atoms with E-state index in [1.54, 1.807) is 0 Å². The highest BCUT2D eigenvalue weighted by Gasteiger charge is 2.57. The van der Waals surface area contributed by atoms with E-state index in [2.05, 4.69) is 6.58 Å². The number of rotatable bonds is 4. The number of nitrogens with zero attached hydrogens (tertiary/aromatic N) is 1. The second-order valence-corrected chi connectivity index (χ2v) is 4.50. The second-order valence-electron chi connectivity index (χ2n) is 4.50. The third kappa shape index (κ3) is 2.97. The van der Waals surface area contributed by atoms with Gasteiger partial charge in [0.2, 0.25) is 6.17 Å². The third-order valence-corrected chi connectivity index (χ3v) is 3.12. The van der Waals surface area contributed by atoms with Crippen molar-refractivity contribution in [1.82, 2.24) is 4.90 Å². The molecule has 100 valence electrons. The van der Waals surface area contributed by atoms with Crippen LogP contribution >= 0.6 is 0 Å². The lowest BCUT2D eigenvalue weighted by molar-refractivity contribution is -0.242. The molecule has 0 aliphatic carbocycles. The maximum Gasteiger partial charge on any atom is 0.342 e. The number of likely N-dealkylation sites (tertiary alicyclic amines) is 1. The molecular weight excluding hydrogens is 241 g/mol. The largest absolute Gasteiger partial charge is 0.342 e. The summed E-state index contributed by atoms with van der Waals surface area (Å²) in [6.45, 7) is 4.44. The molecule has 0 aromatic rings. The average Bonchev–Trinajstić information content (AvgIpc) is 2.28. The maximum atomic E-state index is 13.5. The molecule has 6 heteroatoms. The fraction of sp³-hybridized carbons (Fsp3) is 0.818. The van der Waals surface area contributed by atoms with Crippen LogP contribution in [0.5, 0.6) is 0 Å². The van der Waals surface area contributed by atoms with Crippen molar-refractivity contribution in [2.75, 3.05) is 13.1 Å². The van der Waals surface area contributed by atoms with E-state index in [1.807, 2.05) is 6.92 Å². The molecule has 1 nitrogen and oxygen atoms in total. The highest BCUT2D eigenvalue weighted by Crippen LogP contribution is 2.38. The number of halogens is 5. The first-order chi connectivity index (χ1) is 7.71. The Hall–Kier alpha value is -0.650. The Morgan fingerprint density at radius 1 is 1.24 bits per heavy atom. The SMILES string of the molecule is C=CC(F)(F)C(F)C(F)(F)N1CCC(C)CC1. The van der Waals surface area contributed by atoms with Crippen LogP contribution in [0.1, 0.15) is 19.8 Å². The minimum absolute atomic E-state index is 0.0676. The van der Waals surface area contributed by atoms with Crippen molar-refractivity contribution in [3.8, 4) is 0 Å². The van der Waals surface area contributed by atoms with Crippen LogP contribution in [0, 0.1) is 5.92 Å². The van der Waals surface area contributed by atoms with E-state index in [0.29, 0.717) is 17.7 Å². The molecule has 17 heavy (non-hydrogen) atoms. The Morgan fingerprint density at radius 3 is 2.12 bits per heavy atom. The highest BCUT2D eigenvalue weighted by atomic mass is 19.3. The van der Waals surface area contributed by atoms with Gasteiger partial charge in [0.1, 0.15) is 0 Å². The monoisotopic (exact) mass is 257 g/mol. The first-order valence-corrected chi connectivity index (χ1v) is 5.50. The summed E-state index contributed by atoms with van der Waals surface area (Å²) >= 11 is 0. The summed E-state index contributed by atoms with van der Waals surface area (Å²) in [5.41, 5.74) is 0. The Morgan fingerprint density at radius 2 is 1.71 bits per heavy atom. The van der Waals surface area contributed by atoms with Crippen molar-refractivity contribution in [2.24, 2.45) is 5.92 Å². The van der Waals surface area contributed by atoms with Gasteiger partial charge in [-0.15, -0.1) is 0 Å². The molecule has 1 unspecified atom stereocenters. The highest BCUT2D eigenvalue weighted by molar-refractivity contribution is 4.99. The second kappa shape index (κ2) is 4.92. The molecule has 0 spiro atoms. The normalized spacial score (nSPS) is 22.5. The summed E-state index contributed by atoms with van der Waals surface area (Å²) in [6.07, 6.45) is -2.71. The molecule has 0 amide bonds. The molecule has 0 radical (unpaired) electrons. The molecule has 1 aliphatic heterocycles. The van der Waals surface area contributed by atoms with E-state index < -0.39 is 18.1 Å². The lowest BCUT2D eigenvalue weighted by atomic mass is 9.98. The molecule has 1 fully saturated rings. The lowest BCUT2D eigenvalue weighted by Gasteiger charge is -2.38. The first-order valence-electron chi connectivity index (χ1n) is 5.50. The van der Waals surface area contributed by atoms with Gasteiger partial charge in [-0.1, -0.05) is 13.5 Å². The minimum atomic E-state index is -4.22. The van der Waals surface area contributed by atoms with Gasteiger partial charge in [-0.2, -0.15) is 17.6 Å². The van der Waals surface area contributed by atoms with E-state index in [0.717, 1.165) is 0 Å². The van der Waals surface area contributed by atoms with Gasteiger partial charge in [-0.05, 0) is 24.8 Å². The van der Waals surface area contributed by atoms with Crippen molar-refractivity contribution in [3.05, 3.63) is 12.7 Å². The zero-order valence-electron chi connectivity index (χ0n) is 9.60. The fourth-order valence-corrected chi connectivity index (χ4v) is 1.80. The Bertz CT molecular complexity index is 271. The van der Waals surface area contributed by atoms with Crippen LogP contribution in [0.3, 0.4) is 0 Å². The topological polar surface area (TPSA) is 3.24 Å². The standard InChI is InChI=1S/C11H16F5N/c1-3-10(13,14)9(12)11(15,16)17-6-4-8(2)5-7-17/h3,8-9H,1,4-7H2,2H3. The zero-order chi connectivity index (χ0) is 13.3. The molecule has 1 aliphatic rings. The van der Waals surface area contributed by atoms with Crippen molar-refractivity contribution >= 4 is 0 Å². The van der Waals surface area contributed by atoms with Gasteiger partial charge >= 0.3 is 12.0 Å². The van der Waals surface area contributed by atoms with Crippen molar-refractivity contribution < 1.29 is 22.0 Å². The van der Waals surface area contributed by atoms with E-state index in [1.165, 1.54) is 0 Å². The predicted molar refractivity (Wildman–Crippen MR) is 55.0 cm³/mol. The van der Waals surface area contributed by atoms with Crippen LogP contribution in [-0.4, -0.2) is 36.1 Å². The van der Waals surface area contributed by atoms with Crippen LogP contribution < -0.4 is 0 Å². The summed E-state index contributed by atoms with van der Waals surface area (Å²) in [4.78, 5) is 0.495. The van der Waals surface area contributed by atoms with Crippen LogP contribution in [0.2, 0.25) is 0 Å². The Kier molecular flexibility index (Phi) is 4.17. The quantitative estimate of drug-likeness (QED) is 0.423. The van der Waals surface area contributed by atoms with E-state index in [4.69, 9.17) is 0 Å². The van der Waals surface area contributed by atoms with Gasteiger partial charge in [0, 0.05) is 13.1 Å². The summed E-state index contributed by atoms with van der Waals surface area (Å²) < 4.78 is 66.0. The molecule has 0 bridgehead atoms. The first kappa shape index (κ1) is 14.4. The average molecular weight is 257 g/mol. The van der Waals surface area contributed by atoms with E-state index >= 15 is 0 Å². The van der Waals surface area contributed by atoms with E-state index in [9.17, 15) is 22.0 Å². The van der Waals surface area contributed by atoms with Gasteiger partial charge in [-0.25, -0.2) is 9.29 Å². The van der Waals surface area contributed by atoms with Crippen molar-refractivity contribution in [3.63, 3.8) is 0 Å². The number of hydrogen-bond donors (Lipinski definition) is 0. The predicted octanol–water partition coefficient (Wildman–Crippen LogP) is 3.47. The summed E-state index contributed by atoms with van der Waals surface area (Å²) in [5.74, 6) is -3.95. The molecule has 1 heterocycles. The van der Waals surface area contributed by atoms with Gasteiger partial charge < -0.3 is 0 Å². The van der Waals surface area contributed by atoms with Gasteiger partial charge in [0.05, 0.1) is 0 Å². The number of piperidine rings is 1. The minimum Gasteiger partial charge on any atom is -0.242 e. The third-order valence-electron chi connectivity index (χ3n) is 3.12. The van der Waals surface area contributed by atoms with Crippen LogP contribution in [0.4, 0.5) is 22.0 Å². The fourth-order valence-electron chi connectivity index (χ4n) is 1.80. The maximum absolute atomic E-state index is 13.5. The van der Waals surface area contributed by atoms with Crippen LogP contribution in [0.15, 0.2) is 12.7 Å². The summed E-state index contributed by atoms with van der Waals surface area (Å²) in [7, 11) is 0. The van der Waals surface area contributed by atoms with Gasteiger partial charge in [0.25, 0.3) is 0 Å². The smallest absolute Gasteiger partial charge is 0.242 e. The lowest BCUT2D eigenvalue weighted by Crippen LogP contribution is -2.56. The molecule has 0 N–H and O–H groups in total. The van der Waals surface area contributed by atoms with Crippen LogP contribution in [0.25, 0.3) is 0 Å². The van der Waals surface area contributed by atoms with Gasteiger partial charge in [-0.3, -0.25) is 0 Å². The number of allylic oxidation sites excluding steroid dienone is 1. The molecule has 1 atom stereocenters. The molecule has 1 rings (SSSR count). The molecule has 0 aromatic carbocycles. The summed E-state index contributed by atoms with van der Waals surface area (Å²) in [5, 5.41) is 0. The van der Waals surface area contributed by atoms with E-state index in [-0.39, 0.29) is 25.1 Å². The van der Waals surface area contributed by atoms with Crippen LogP contribution in [-0.2, 0) is 0 Å². The van der Waals surface area contributed by atoms with Gasteiger partial charge in [0.15, 0.2) is 0 Å². The molecule has 1 saturated heterocycles. The Balaban J connectivity index is 2.76. The molecular formula is C11H16F5N. The zero-order valence-corrected chi connectivity index (χ0v) is 9.60. The molecule has 0 saturated carbocycles.